The minimum absolute atomic E-state index is 0.215. The number of aromatic nitrogens is 1. The number of hydrogen-bond acceptors (Lipinski definition) is 5. The van der Waals surface area contributed by atoms with Crippen LogP contribution in [0.2, 0.25) is 0 Å². The third-order valence-electron chi connectivity index (χ3n) is 2.29. The van der Waals surface area contributed by atoms with E-state index in [1.165, 1.54) is 29.8 Å². The minimum atomic E-state index is -1.63. The van der Waals surface area contributed by atoms with Gasteiger partial charge in [-0.05, 0) is 13.0 Å². The first-order chi connectivity index (χ1) is 8.52. The van der Waals surface area contributed by atoms with E-state index in [9.17, 15) is 9.00 Å². The lowest BCUT2D eigenvalue weighted by Gasteiger charge is -2.20. The van der Waals surface area contributed by atoms with E-state index in [4.69, 9.17) is 0 Å². The van der Waals surface area contributed by atoms with Crippen LogP contribution in [0.5, 0.6) is 0 Å². The molecule has 1 aliphatic rings. The summed E-state index contributed by atoms with van der Waals surface area (Å²) in [5, 5.41) is 0.880. The molecule has 2 rings (SSSR count). The Bertz CT molecular complexity index is 577. The molecule has 96 valence electrons. The maximum absolute atomic E-state index is 11.8. The van der Waals surface area contributed by atoms with E-state index in [1.807, 2.05) is 6.92 Å². The number of allylic oxidation sites excluding steroid dienone is 1. The van der Waals surface area contributed by atoms with Crippen molar-refractivity contribution < 1.29 is 13.7 Å². The Morgan fingerprint density at radius 2 is 2.28 bits per heavy atom. The molecule has 0 radical (unpaired) electrons. The lowest BCUT2D eigenvalue weighted by atomic mass is 10.2. The first kappa shape index (κ1) is 12.9. The van der Waals surface area contributed by atoms with Crippen LogP contribution in [0.25, 0.3) is 0 Å². The summed E-state index contributed by atoms with van der Waals surface area (Å²) in [6.45, 7) is 1.87. The maximum Gasteiger partial charge on any atom is 0.355 e. The van der Waals surface area contributed by atoms with Crippen LogP contribution in [-0.4, -0.2) is 39.3 Å². The first-order valence-corrected chi connectivity index (χ1v) is 6.88. The number of methoxy groups -OCH3 is 1. The van der Waals surface area contributed by atoms with E-state index in [0.717, 1.165) is 9.88 Å². The highest BCUT2D eigenvalue weighted by atomic mass is 32.2. The zero-order valence-corrected chi connectivity index (χ0v) is 11.7. The van der Waals surface area contributed by atoms with Gasteiger partial charge in [0.1, 0.15) is 5.70 Å². The lowest BCUT2D eigenvalue weighted by Crippen LogP contribution is -2.29. The number of hydrogen-bond donors (Lipinski definition) is 0. The van der Waals surface area contributed by atoms with Crippen LogP contribution in [-0.2, 0) is 20.7 Å². The molecule has 18 heavy (non-hydrogen) atoms. The normalized spacial score (nSPS) is 19.3. The number of aryl methyl sites for hydroxylation is 1. The van der Waals surface area contributed by atoms with Crippen LogP contribution >= 0.6 is 11.3 Å². The van der Waals surface area contributed by atoms with Crippen molar-refractivity contribution in [2.75, 3.05) is 14.2 Å². The number of likely N-dealkylation sites (N-methyl/N-ethyl adjacent to an activating group) is 1. The molecule has 1 atom stereocenters. The highest BCUT2D eigenvalue weighted by molar-refractivity contribution is 7.81. The average molecular weight is 285 g/mol. The molecule has 2 heterocycles. The quantitative estimate of drug-likeness (QED) is 0.754. The van der Waals surface area contributed by atoms with Gasteiger partial charge in [0.2, 0.25) is 11.2 Å². The fourth-order valence-corrected chi connectivity index (χ4v) is 2.90. The van der Waals surface area contributed by atoms with Crippen molar-refractivity contribution in [3.8, 4) is 0 Å². The Hall–Kier alpha value is -1.54. The van der Waals surface area contributed by atoms with Crippen molar-refractivity contribution in [1.29, 1.82) is 0 Å². The van der Waals surface area contributed by atoms with Gasteiger partial charge in [0, 0.05) is 13.2 Å². The van der Waals surface area contributed by atoms with Gasteiger partial charge in [-0.25, -0.2) is 14.0 Å². The molecule has 0 aromatic carbocycles. The fourth-order valence-electron chi connectivity index (χ4n) is 1.36. The highest BCUT2D eigenvalue weighted by Crippen LogP contribution is 2.21. The molecule has 0 bridgehead atoms. The Labute approximate surface area is 111 Å². The van der Waals surface area contributed by atoms with Gasteiger partial charge in [0.05, 0.1) is 22.7 Å². The molecule has 0 saturated heterocycles. The molecule has 0 N–H and O–H groups in total. The molecule has 1 aromatic heterocycles. The van der Waals surface area contributed by atoms with Crippen LogP contribution in [0.15, 0.2) is 22.4 Å². The van der Waals surface area contributed by atoms with Crippen LogP contribution in [0.4, 0.5) is 0 Å². The minimum Gasteiger partial charge on any atom is -0.464 e. The Morgan fingerprint density at radius 3 is 2.83 bits per heavy atom. The van der Waals surface area contributed by atoms with Gasteiger partial charge in [-0.2, -0.15) is 4.40 Å². The van der Waals surface area contributed by atoms with E-state index in [1.54, 1.807) is 12.3 Å². The van der Waals surface area contributed by atoms with E-state index in [-0.39, 0.29) is 5.70 Å². The monoisotopic (exact) mass is 285 g/mol. The van der Waals surface area contributed by atoms with Crippen molar-refractivity contribution in [2.24, 2.45) is 4.40 Å². The standard InChI is InChI=1S/C10H11N3O3S2/c1-6-11-5-9(17-6)7-4-8(10(14)16-3)13(2)18(15)12-7/h4-5H,1-3H3. The van der Waals surface area contributed by atoms with E-state index < -0.39 is 17.1 Å². The molecule has 1 aromatic rings. The summed E-state index contributed by atoms with van der Waals surface area (Å²) in [7, 11) is 2.80. The van der Waals surface area contributed by atoms with E-state index >= 15 is 0 Å². The lowest BCUT2D eigenvalue weighted by molar-refractivity contribution is -0.137. The van der Waals surface area contributed by atoms with Gasteiger partial charge in [-0.1, -0.05) is 0 Å². The summed E-state index contributed by atoms with van der Waals surface area (Å²) in [6, 6.07) is 0. The number of carbonyl (C=O) groups excluding carboxylic acids is 1. The number of rotatable bonds is 2. The van der Waals surface area contributed by atoms with Crippen LogP contribution in [0.3, 0.4) is 0 Å². The summed E-state index contributed by atoms with van der Waals surface area (Å²) >= 11 is -0.200. The van der Waals surface area contributed by atoms with Crippen molar-refractivity contribution in [2.45, 2.75) is 6.92 Å². The van der Waals surface area contributed by atoms with Crippen molar-refractivity contribution in [3.05, 3.63) is 27.9 Å². The highest BCUT2D eigenvalue weighted by Gasteiger charge is 2.25. The Balaban J connectivity index is 2.43. The number of carbonyl (C=O) groups is 1. The molecule has 0 amide bonds. The molecule has 0 fully saturated rings. The number of esters is 1. The Morgan fingerprint density at radius 1 is 1.56 bits per heavy atom. The number of ether oxygens (including phenoxy) is 1. The SMILES string of the molecule is COC(=O)C1=CC(c2cnc(C)s2)=NS(=O)N1C. The second kappa shape index (κ2) is 4.99. The van der Waals surface area contributed by atoms with Crippen LogP contribution in [0.1, 0.15) is 9.88 Å². The zero-order chi connectivity index (χ0) is 13.3. The zero-order valence-electron chi connectivity index (χ0n) is 10.0. The predicted octanol–water partition coefficient (Wildman–Crippen LogP) is 0.822. The molecule has 0 aliphatic carbocycles. The fraction of sp³-hybridized carbons (Fsp3) is 0.300. The van der Waals surface area contributed by atoms with E-state index in [2.05, 4.69) is 14.1 Å². The second-order valence-corrected chi connectivity index (χ2v) is 5.90. The third kappa shape index (κ3) is 2.34. The summed E-state index contributed by atoms with van der Waals surface area (Å²) in [4.78, 5) is 16.5. The smallest absolute Gasteiger partial charge is 0.355 e. The topological polar surface area (TPSA) is 71.9 Å². The van der Waals surface area contributed by atoms with Gasteiger partial charge in [0.25, 0.3) is 0 Å². The summed E-state index contributed by atoms with van der Waals surface area (Å²) in [6.07, 6.45) is 3.20. The molecule has 0 spiro atoms. The summed E-state index contributed by atoms with van der Waals surface area (Å²) in [5.74, 6) is -0.542. The molecular formula is C10H11N3O3S2. The van der Waals surface area contributed by atoms with Gasteiger partial charge < -0.3 is 4.74 Å². The molecule has 0 saturated carbocycles. The first-order valence-electron chi connectivity index (χ1n) is 5.00. The number of thiazole rings is 1. The van der Waals surface area contributed by atoms with E-state index in [0.29, 0.717) is 5.71 Å². The van der Waals surface area contributed by atoms with Crippen LogP contribution < -0.4 is 0 Å². The van der Waals surface area contributed by atoms with Crippen LogP contribution in [0, 0.1) is 6.92 Å². The molecule has 1 aliphatic heterocycles. The predicted molar refractivity (Wildman–Crippen MR) is 69.4 cm³/mol. The maximum atomic E-state index is 11.8. The third-order valence-corrected chi connectivity index (χ3v) is 4.25. The van der Waals surface area contributed by atoms with Gasteiger partial charge in [-0.3, -0.25) is 4.31 Å². The van der Waals surface area contributed by atoms with Gasteiger partial charge >= 0.3 is 5.97 Å². The average Bonchev–Trinajstić information content (AvgIpc) is 2.78. The largest absolute Gasteiger partial charge is 0.464 e. The molecule has 1 unspecified atom stereocenters. The molecular weight excluding hydrogens is 274 g/mol. The molecule has 6 nitrogen and oxygen atoms in total. The van der Waals surface area contributed by atoms with Crippen molar-refractivity contribution >= 4 is 34.2 Å². The number of nitrogens with zero attached hydrogens (tertiary/aromatic N) is 3. The van der Waals surface area contributed by atoms with Gasteiger partial charge in [0.15, 0.2) is 0 Å². The van der Waals surface area contributed by atoms with Gasteiger partial charge in [-0.15, -0.1) is 11.3 Å². The Kier molecular flexibility index (Phi) is 3.58. The summed E-state index contributed by atoms with van der Waals surface area (Å²) < 4.78 is 21.7. The van der Waals surface area contributed by atoms with Crippen molar-refractivity contribution in [3.63, 3.8) is 0 Å². The second-order valence-electron chi connectivity index (χ2n) is 3.47. The summed E-state index contributed by atoms with van der Waals surface area (Å²) in [5.41, 5.74) is 0.698. The van der Waals surface area contributed by atoms with Crippen molar-refractivity contribution in [1.82, 2.24) is 9.29 Å². The molecule has 8 heteroatoms.